The van der Waals surface area contributed by atoms with Crippen LogP contribution >= 0.6 is 15.9 Å². The third-order valence-electron chi connectivity index (χ3n) is 3.75. The van der Waals surface area contributed by atoms with Crippen molar-refractivity contribution in [1.29, 1.82) is 0 Å². The molecule has 2 aromatic carbocycles. The van der Waals surface area contributed by atoms with Crippen LogP contribution in [0.25, 0.3) is 0 Å². The van der Waals surface area contributed by atoms with E-state index in [0.29, 0.717) is 0 Å². The van der Waals surface area contributed by atoms with Gasteiger partial charge in [0.15, 0.2) is 0 Å². The van der Waals surface area contributed by atoms with Gasteiger partial charge in [0, 0.05) is 22.8 Å². The monoisotopic (exact) mass is 396 g/mol. The van der Waals surface area contributed by atoms with Gasteiger partial charge in [-0.25, -0.2) is 9.97 Å². The molecule has 4 nitrogen and oxygen atoms in total. The van der Waals surface area contributed by atoms with Crippen LogP contribution in [0.1, 0.15) is 17.8 Å². The molecule has 0 aliphatic carbocycles. The highest BCUT2D eigenvalue weighted by molar-refractivity contribution is 9.10. The molecule has 0 aliphatic rings. The zero-order valence-electron chi connectivity index (χ0n) is 14.2. The summed E-state index contributed by atoms with van der Waals surface area (Å²) in [6, 6.07) is 20.5. The number of nitrogens with one attached hydrogen (secondary N) is 2. The molecule has 0 saturated heterocycles. The van der Waals surface area contributed by atoms with Gasteiger partial charge in [0.1, 0.15) is 17.5 Å². The third-order valence-corrected chi connectivity index (χ3v) is 4.27. The highest BCUT2D eigenvalue weighted by Crippen LogP contribution is 2.19. The predicted octanol–water partition coefficient (Wildman–Crippen LogP) is 5.34. The van der Waals surface area contributed by atoms with Gasteiger partial charge in [0.2, 0.25) is 0 Å². The Morgan fingerprint density at radius 3 is 2.40 bits per heavy atom. The highest BCUT2D eigenvalue weighted by Gasteiger charge is 2.03. The molecule has 0 radical (unpaired) electrons. The van der Waals surface area contributed by atoms with Crippen molar-refractivity contribution in [3.8, 4) is 0 Å². The molecule has 1 heterocycles. The fourth-order valence-corrected chi connectivity index (χ4v) is 2.82. The Morgan fingerprint density at radius 2 is 1.64 bits per heavy atom. The minimum Gasteiger partial charge on any atom is -0.370 e. The number of nitrogens with zero attached hydrogens (tertiary/aromatic N) is 2. The Balaban J connectivity index is 1.56. The first-order valence-electron chi connectivity index (χ1n) is 8.35. The van der Waals surface area contributed by atoms with Crippen molar-refractivity contribution in [2.45, 2.75) is 19.8 Å². The summed E-state index contributed by atoms with van der Waals surface area (Å²) in [6.07, 6.45) is 2.12. The highest BCUT2D eigenvalue weighted by atomic mass is 79.9. The molecule has 128 valence electrons. The number of hydrogen-bond acceptors (Lipinski definition) is 4. The normalized spacial score (nSPS) is 10.5. The number of anilines is 3. The molecule has 0 atom stereocenters. The van der Waals surface area contributed by atoms with Crippen LogP contribution in [0.4, 0.5) is 17.3 Å². The van der Waals surface area contributed by atoms with Crippen molar-refractivity contribution in [2.24, 2.45) is 0 Å². The topological polar surface area (TPSA) is 49.8 Å². The van der Waals surface area contributed by atoms with E-state index in [1.807, 2.05) is 43.3 Å². The van der Waals surface area contributed by atoms with Crippen molar-refractivity contribution in [3.05, 3.63) is 76.5 Å². The number of halogens is 1. The second-order valence-electron chi connectivity index (χ2n) is 5.83. The van der Waals surface area contributed by atoms with Crippen molar-refractivity contribution < 1.29 is 0 Å². The van der Waals surface area contributed by atoms with Crippen LogP contribution < -0.4 is 10.6 Å². The SMILES string of the molecule is Cc1nc(NCCCc2ccccc2)cc(Nc2ccc(Br)cc2)n1. The molecule has 25 heavy (non-hydrogen) atoms. The van der Waals surface area contributed by atoms with E-state index in [1.165, 1.54) is 5.56 Å². The first-order valence-corrected chi connectivity index (χ1v) is 9.14. The Hall–Kier alpha value is -2.40. The maximum absolute atomic E-state index is 4.46. The Kier molecular flexibility index (Phi) is 6.01. The molecular weight excluding hydrogens is 376 g/mol. The predicted molar refractivity (Wildman–Crippen MR) is 107 cm³/mol. The lowest BCUT2D eigenvalue weighted by molar-refractivity contribution is 0.856. The number of aryl methyl sites for hydroxylation is 2. The smallest absolute Gasteiger partial charge is 0.136 e. The fraction of sp³-hybridized carbons (Fsp3) is 0.200. The zero-order chi connectivity index (χ0) is 17.5. The van der Waals surface area contributed by atoms with Crippen LogP contribution in [0.2, 0.25) is 0 Å². The van der Waals surface area contributed by atoms with Crippen molar-refractivity contribution in [3.63, 3.8) is 0 Å². The fourth-order valence-electron chi connectivity index (χ4n) is 2.56. The van der Waals surface area contributed by atoms with Gasteiger partial charge in [-0.3, -0.25) is 0 Å². The second kappa shape index (κ2) is 8.62. The summed E-state index contributed by atoms with van der Waals surface area (Å²) in [5.41, 5.74) is 2.36. The van der Waals surface area contributed by atoms with Gasteiger partial charge in [-0.15, -0.1) is 0 Å². The summed E-state index contributed by atoms with van der Waals surface area (Å²) >= 11 is 3.44. The molecule has 3 rings (SSSR count). The van der Waals surface area contributed by atoms with E-state index in [0.717, 1.165) is 47.0 Å². The van der Waals surface area contributed by atoms with Crippen LogP contribution in [-0.4, -0.2) is 16.5 Å². The summed E-state index contributed by atoms with van der Waals surface area (Å²) in [4.78, 5) is 8.92. The van der Waals surface area contributed by atoms with E-state index < -0.39 is 0 Å². The summed E-state index contributed by atoms with van der Waals surface area (Å²) in [6.45, 7) is 2.78. The Morgan fingerprint density at radius 1 is 0.920 bits per heavy atom. The first-order chi connectivity index (χ1) is 12.2. The lowest BCUT2D eigenvalue weighted by atomic mass is 10.1. The third kappa shape index (κ3) is 5.57. The molecular formula is C20H21BrN4. The maximum Gasteiger partial charge on any atom is 0.136 e. The summed E-state index contributed by atoms with van der Waals surface area (Å²) in [7, 11) is 0. The second-order valence-corrected chi connectivity index (χ2v) is 6.75. The Bertz CT molecular complexity index is 804. The average Bonchev–Trinajstić information content (AvgIpc) is 2.61. The maximum atomic E-state index is 4.46. The molecule has 2 N–H and O–H groups in total. The van der Waals surface area contributed by atoms with Gasteiger partial charge in [0.25, 0.3) is 0 Å². The summed E-state index contributed by atoms with van der Waals surface area (Å²) in [5, 5.41) is 6.71. The molecule has 0 bridgehead atoms. The molecule has 5 heteroatoms. The Labute approximate surface area is 156 Å². The van der Waals surface area contributed by atoms with Crippen molar-refractivity contribution >= 4 is 33.3 Å². The van der Waals surface area contributed by atoms with E-state index in [4.69, 9.17) is 0 Å². The number of rotatable bonds is 7. The van der Waals surface area contributed by atoms with E-state index in [9.17, 15) is 0 Å². The van der Waals surface area contributed by atoms with Crippen molar-refractivity contribution in [2.75, 3.05) is 17.2 Å². The molecule has 0 unspecified atom stereocenters. The van der Waals surface area contributed by atoms with Gasteiger partial charge >= 0.3 is 0 Å². The summed E-state index contributed by atoms with van der Waals surface area (Å²) < 4.78 is 1.05. The lowest BCUT2D eigenvalue weighted by Crippen LogP contribution is -2.07. The van der Waals surface area contributed by atoms with Gasteiger partial charge in [-0.1, -0.05) is 46.3 Å². The van der Waals surface area contributed by atoms with E-state index in [-0.39, 0.29) is 0 Å². The van der Waals surface area contributed by atoms with Gasteiger partial charge in [-0.05, 0) is 49.6 Å². The molecule has 0 saturated carbocycles. The van der Waals surface area contributed by atoms with Gasteiger partial charge in [-0.2, -0.15) is 0 Å². The minimum absolute atomic E-state index is 0.743. The van der Waals surface area contributed by atoms with Crippen LogP contribution in [0.3, 0.4) is 0 Å². The van der Waals surface area contributed by atoms with Gasteiger partial charge < -0.3 is 10.6 Å². The summed E-state index contributed by atoms with van der Waals surface area (Å²) in [5.74, 6) is 2.38. The molecule has 1 aromatic heterocycles. The minimum atomic E-state index is 0.743. The lowest BCUT2D eigenvalue weighted by Gasteiger charge is -2.10. The molecule has 0 amide bonds. The number of benzene rings is 2. The van der Waals surface area contributed by atoms with E-state index in [1.54, 1.807) is 0 Å². The number of hydrogen-bond donors (Lipinski definition) is 2. The molecule has 0 spiro atoms. The van der Waals surface area contributed by atoms with Crippen LogP contribution in [0, 0.1) is 6.92 Å². The van der Waals surface area contributed by atoms with E-state index >= 15 is 0 Å². The van der Waals surface area contributed by atoms with E-state index in [2.05, 4.69) is 60.8 Å². The zero-order valence-corrected chi connectivity index (χ0v) is 15.8. The number of aromatic nitrogens is 2. The standard InChI is InChI=1S/C20H21BrN4/c1-15-23-19(22-13-5-8-16-6-3-2-4-7-16)14-20(24-15)25-18-11-9-17(21)10-12-18/h2-4,6-7,9-12,14H,5,8,13H2,1H3,(H2,22,23,24,25). The molecule has 0 fully saturated rings. The quantitative estimate of drug-likeness (QED) is 0.529. The average molecular weight is 397 g/mol. The van der Waals surface area contributed by atoms with Gasteiger partial charge in [0.05, 0.1) is 0 Å². The largest absolute Gasteiger partial charge is 0.370 e. The van der Waals surface area contributed by atoms with Crippen LogP contribution in [0.15, 0.2) is 65.1 Å². The molecule has 0 aliphatic heterocycles. The molecule has 3 aromatic rings. The first kappa shape index (κ1) is 17.4. The van der Waals surface area contributed by atoms with Crippen molar-refractivity contribution in [1.82, 2.24) is 9.97 Å². The van der Waals surface area contributed by atoms with Crippen LogP contribution in [0.5, 0.6) is 0 Å². The van der Waals surface area contributed by atoms with Crippen LogP contribution in [-0.2, 0) is 6.42 Å².